The fourth-order valence-corrected chi connectivity index (χ4v) is 7.51. The summed E-state index contributed by atoms with van der Waals surface area (Å²) < 4.78 is 28.3. The van der Waals surface area contributed by atoms with Gasteiger partial charge in [0.15, 0.2) is 0 Å². The molecule has 0 bridgehead atoms. The predicted octanol–water partition coefficient (Wildman–Crippen LogP) is 2.55. The van der Waals surface area contributed by atoms with Crippen LogP contribution in [0.4, 0.5) is 0 Å². The molecule has 4 nitrogen and oxygen atoms in total. The van der Waals surface area contributed by atoms with Crippen LogP contribution in [0.1, 0.15) is 51.4 Å². The van der Waals surface area contributed by atoms with Crippen molar-refractivity contribution in [1.29, 1.82) is 0 Å². The van der Waals surface area contributed by atoms with Gasteiger partial charge in [-0.3, -0.25) is 0 Å². The van der Waals surface area contributed by atoms with Gasteiger partial charge in [-0.1, -0.05) is 19.3 Å². The third kappa shape index (κ3) is 4.00. The molecule has 3 fully saturated rings. The zero-order chi connectivity index (χ0) is 15.4. The molecule has 22 heavy (non-hydrogen) atoms. The van der Waals surface area contributed by atoms with E-state index >= 15 is 0 Å². The molecule has 1 aliphatic carbocycles. The highest BCUT2D eigenvalue weighted by Crippen LogP contribution is 2.30. The predicted molar refractivity (Wildman–Crippen MR) is 93.9 cm³/mol. The molecule has 6 heteroatoms. The fourth-order valence-electron chi connectivity index (χ4n) is 4.10. The summed E-state index contributed by atoms with van der Waals surface area (Å²) in [5.74, 6) is 2.08. The first-order valence-electron chi connectivity index (χ1n) is 8.99. The number of nitrogens with zero attached hydrogens (tertiary/aromatic N) is 2. The molecule has 3 aliphatic rings. The molecule has 2 saturated heterocycles. The van der Waals surface area contributed by atoms with Gasteiger partial charge in [-0.05, 0) is 50.9 Å². The lowest BCUT2D eigenvalue weighted by Gasteiger charge is -2.35. The zero-order valence-electron chi connectivity index (χ0n) is 13.6. The van der Waals surface area contributed by atoms with Gasteiger partial charge in [-0.15, -0.1) is 0 Å². The Morgan fingerprint density at radius 1 is 0.909 bits per heavy atom. The molecule has 3 rings (SSSR count). The molecule has 0 aromatic carbocycles. The smallest absolute Gasteiger partial charge is 0.217 e. The van der Waals surface area contributed by atoms with Gasteiger partial charge < -0.3 is 4.90 Å². The second-order valence-corrected chi connectivity index (χ2v) is 10.3. The fraction of sp³-hybridized carbons (Fsp3) is 1.00. The van der Waals surface area contributed by atoms with Crippen molar-refractivity contribution < 1.29 is 8.42 Å². The van der Waals surface area contributed by atoms with E-state index < -0.39 is 10.0 Å². The van der Waals surface area contributed by atoms with Gasteiger partial charge >= 0.3 is 0 Å². The second kappa shape index (κ2) is 7.86. The van der Waals surface area contributed by atoms with E-state index in [4.69, 9.17) is 0 Å². The lowest BCUT2D eigenvalue weighted by Crippen LogP contribution is -2.50. The van der Waals surface area contributed by atoms with Crippen LogP contribution in [0.2, 0.25) is 0 Å². The highest BCUT2D eigenvalue weighted by molar-refractivity contribution is 7.99. The quantitative estimate of drug-likeness (QED) is 0.784. The molecule has 1 atom stereocenters. The SMILES string of the molecule is O=S(=O)(C1CCCCC1)N1CCCSCC1CN1CCCC1. The molecule has 0 N–H and O–H groups in total. The molecular formula is C16H30N2O2S2. The molecule has 0 amide bonds. The Hall–Kier alpha value is 0.220. The highest BCUT2D eigenvalue weighted by Gasteiger charge is 2.38. The number of hydrogen-bond donors (Lipinski definition) is 0. The van der Waals surface area contributed by atoms with E-state index in [0.29, 0.717) is 0 Å². The van der Waals surface area contributed by atoms with Gasteiger partial charge in [0.25, 0.3) is 0 Å². The van der Waals surface area contributed by atoms with Crippen LogP contribution in [-0.2, 0) is 10.0 Å². The number of sulfonamides is 1. The first-order chi connectivity index (χ1) is 10.7. The number of rotatable bonds is 4. The first-order valence-corrected chi connectivity index (χ1v) is 11.6. The van der Waals surface area contributed by atoms with Crippen molar-refractivity contribution in [2.24, 2.45) is 0 Å². The van der Waals surface area contributed by atoms with Gasteiger partial charge in [-0.25, -0.2) is 8.42 Å². The number of thioether (sulfide) groups is 1. The maximum Gasteiger partial charge on any atom is 0.217 e. The molecule has 128 valence electrons. The standard InChI is InChI=1S/C16H30N2O2S2/c19-22(20,16-7-2-1-3-8-16)18-11-6-12-21-14-15(18)13-17-9-4-5-10-17/h15-16H,1-14H2. The minimum absolute atomic E-state index is 0.106. The molecule has 1 saturated carbocycles. The van der Waals surface area contributed by atoms with Crippen LogP contribution in [-0.4, -0.2) is 66.6 Å². The Kier molecular flexibility index (Phi) is 6.09. The average molecular weight is 347 g/mol. The van der Waals surface area contributed by atoms with Gasteiger partial charge in [-0.2, -0.15) is 16.1 Å². The van der Waals surface area contributed by atoms with Crippen LogP contribution < -0.4 is 0 Å². The summed E-state index contributed by atoms with van der Waals surface area (Å²) in [7, 11) is -3.11. The first kappa shape index (κ1) is 17.1. The Labute approximate surface area is 140 Å². The maximum absolute atomic E-state index is 13.2. The van der Waals surface area contributed by atoms with Gasteiger partial charge in [0.05, 0.1) is 5.25 Å². The summed E-state index contributed by atoms with van der Waals surface area (Å²) in [6.45, 7) is 3.99. The van der Waals surface area contributed by atoms with Crippen LogP contribution >= 0.6 is 11.8 Å². The van der Waals surface area contributed by atoms with Crippen molar-refractivity contribution in [3.63, 3.8) is 0 Å². The molecule has 0 aromatic rings. The van der Waals surface area contributed by atoms with E-state index in [9.17, 15) is 8.42 Å². The lowest BCUT2D eigenvalue weighted by molar-refractivity contribution is 0.240. The normalized spacial score (nSPS) is 30.5. The molecule has 1 unspecified atom stereocenters. The lowest BCUT2D eigenvalue weighted by atomic mass is 10.0. The van der Waals surface area contributed by atoms with Crippen molar-refractivity contribution >= 4 is 21.8 Å². The highest BCUT2D eigenvalue weighted by atomic mass is 32.2. The molecule has 2 heterocycles. The van der Waals surface area contributed by atoms with Gasteiger partial charge in [0.2, 0.25) is 10.0 Å². The van der Waals surface area contributed by atoms with Crippen LogP contribution in [0.25, 0.3) is 0 Å². The van der Waals surface area contributed by atoms with Gasteiger partial charge in [0, 0.05) is 24.9 Å². The van der Waals surface area contributed by atoms with E-state index in [1.165, 1.54) is 19.3 Å². The van der Waals surface area contributed by atoms with Crippen LogP contribution in [0.5, 0.6) is 0 Å². The maximum atomic E-state index is 13.2. The summed E-state index contributed by atoms with van der Waals surface area (Å²) in [6, 6.07) is 0.192. The van der Waals surface area contributed by atoms with Crippen molar-refractivity contribution in [3.05, 3.63) is 0 Å². The Morgan fingerprint density at radius 3 is 2.36 bits per heavy atom. The van der Waals surface area contributed by atoms with Crippen LogP contribution in [0, 0.1) is 0 Å². The summed E-state index contributed by atoms with van der Waals surface area (Å²) in [5.41, 5.74) is 0. The largest absolute Gasteiger partial charge is 0.302 e. The Balaban J connectivity index is 1.73. The van der Waals surface area contributed by atoms with E-state index in [1.807, 2.05) is 16.1 Å². The summed E-state index contributed by atoms with van der Waals surface area (Å²) in [6.07, 6.45) is 8.69. The van der Waals surface area contributed by atoms with Crippen LogP contribution in [0.3, 0.4) is 0 Å². The van der Waals surface area contributed by atoms with Crippen molar-refractivity contribution in [2.75, 3.05) is 37.7 Å². The third-order valence-electron chi connectivity index (χ3n) is 5.35. The topological polar surface area (TPSA) is 40.6 Å². The third-order valence-corrected chi connectivity index (χ3v) is 9.00. The molecule has 2 aliphatic heterocycles. The molecule has 0 spiro atoms. The Bertz CT molecular complexity index is 443. The number of hydrogen-bond acceptors (Lipinski definition) is 4. The monoisotopic (exact) mass is 346 g/mol. The van der Waals surface area contributed by atoms with E-state index in [2.05, 4.69) is 4.90 Å². The van der Waals surface area contributed by atoms with Crippen molar-refractivity contribution in [3.8, 4) is 0 Å². The number of likely N-dealkylation sites (tertiary alicyclic amines) is 1. The van der Waals surface area contributed by atoms with E-state index in [-0.39, 0.29) is 11.3 Å². The van der Waals surface area contributed by atoms with Crippen LogP contribution in [0.15, 0.2) is 0 Å². The summed E-state index contributed by atoms with van der Waals surface area (Å²) >= 11 is 1.94. The second-order valence-electron chi connectivity index (χ2n) is 7.01. The minimum Gasteiger partial charge on any atom is -0.302 e. The van der Waals surface area contributed by atoms with Crippen molar-refractivity contribution in [2.45, 2.75) is 62.7 Å². The summed E-state index contributed by atoms with van der Waals surface area (Å²) in [4.78, 5) is 2.47. The van der Waals surface area contributed by atoms with Crippen molar-refractivity contribution in [1.82, 2.24) is 9.21 Å². The zero-order valence-corrected chi connectivity index (χ0v) is 15.2. The Morgan fingerprint density at radius 2 is 1.64 bits per heavy atom. The van der Waals surface area contributed by atoms with E-state index in [1.54, 1.807) is 0 Å². The minimum atomic E-state index is -3.11. The van der Waals surface area contributed by atoms with E-state index in [0.717, 1.165) is 69.8 Å². The summed E-state index contributed by atoms with van der Waals surface area (Å²) in [5, 5.41) is -0.106. The molecule has 0 radical (unpaired) electrons. The van der Waals surface area contributed by atoms with Gasteiger partial charge in [0.1, 0.15) is 0 Å². The molecular weight excluding hydrogens is 316 g/mol. The molecule has 0 aromatic heterocycles. The average Bonchev–Trinajstić information content (AvgIpc) is 2.92.